The predicted octanol–water partition coefficient (Wildman–Crippen LogP) is 4.85. The molecule has 3 heteroatoms. The molecule has 0 amide bonds. The lowest BCUT2D eigenvalue weighted by molar-refractivity contribution is 0.613. The Bertz CT molecular complexity index is 550. The van der Waals surface area contributed by atoms with E-state index in [1.54, 1.807) is 18.2 Å². The Balaban J connectivity index is 2.50. The van der Waals surface area contributed by atoms with E-state index < -0.39 is 5.82 Å². The lowest BCUT2D eigenvalue weighted by Gasteiger charge is -2.07. The first-order valence-corrected chi connectivity index (χ1v) is 5.73. The molecule has 2 aromatic rings. The van der Waals surface area contributed by atoms with Crippen molar-refractivity contribution in [1.82, 2.24) is 0 Å². The fourth-order valence-electron chi connectivity index (χ4n) is 1.73. The number of benzene rings is 2. The first-order chi connectivity index (χ1) is 8.11. The van der Waals surface area contributed by atoms with Crippen LogP contribution in [-0.4, -0.2) is 0 Å². The number of aryl methyl sites for hydroxylation is 1. The van der Waals surface area contributed by atoms with Crippen molar-refractivity contribution in [1.29, 1.82) is 0 Å². The minimum Gasteiger partial charge on any atom is -0.207 e. The molecule has 0 saturated carbocycles. The highest BCUT2D eigenvalue weighted by atomic mass is 35.5. The second-order valence-electron chi connectivity index (χ2n) is 3.78. The summed E-state index contributed by atoms with van der Waals surface area (Å²) in [6.07, 6.45) is 0.642. The molecular formula is C14H11ClF2. The van der Waals surface area contributed by atoms with E-state index in [0.29, 0.717) is 23.1 Å². The summed E-state index contributed by atoms with van der Waals surface area (Å²) in [5.74, 6) is -0.658. The summed E-state index contributed by atoms with van der Waals surface area (Å²) < 4.78 is 26.5. The molecule has 88 valence electrons. The van der Waals surface area contributed by atoms with Gasteiger partial charge in [-0.15, -0.1) is 0 Å². The summed E-state index contributed by atoms with van der Waals surface area (Å²) >= 11 is 5.93. The van der Waals surface area contributed by atoms with Gasteiger partial charge < -0.3 is 0 Å². The van der Waals surface area contributed by atoms with Crippen LogP contribution < -0.4 is 0 Å². The van der Waals surface area contributed by atoms with E-state index in [4.69, 9.17) is 11.6 Å². The van der Waals surface area contributed by atoms with Gasteiger partial charge in [0.25, 0.3) is 0 Å². The molecule has 0 aliphatic carbocycles. The Morgan fingerprint density at radius 2 is 1.82 bits per heavy atom. The van der Waals surface area contributed by atoms with E-state index in [1.165, 1.54) is 18.2 Å². The Morgan fingerprint density at radius 3 is 2.41 bits per heavy atom. The highest BCUT2D eigenvalue weighted by Crippen LogP contribution is 2.29. The van der Waals surface area contributed by atoms with E-state index in [2.05, 4.69) is 0 Å². The van der Waals surface area contributed by atoms with Crippen molar-refractivity contribution in [2.24, 2.45) is 0 Å². The van der Waals surface area contributed by atoms with Crippen LogP contribution in [-0.2, 0) is 6.42 Å². The zero-order valence-electron chi connectivity index (χ0n) is 9.31. The van der Waals surface area contributed by atoms with E-state index >= 15 is 0 Å². The van der Waals surface area contributed by atoms with Gasteiger partial charge in [-0.05, 0) is 41.8 Å². The summed E-state index contributed by atoms with van der Waals surface area (Å²) in [4.78, 5) is 0. The van der Waals surface area contributed by atoms with Crippen molar-refractivity contribution >= 4 is 11.6 Å². The zero-order chi connectivity index (χ0) is 12.4. The molecule has 0 radical (unpaired) electrons. The second kappa shape index (κ2) is 4.84. The Kier molecular flexibility index (Phi) is 3.43. The van der Waals surface area contributed by atoms with Crippen LogP contribution in [0.25, 0.3) is 11.1 Å². The Morgan fingerprint density at radius 1 is 1.06 bits per heavy atom. The van der Waals surface area contributed by atoms with Gasteiger partial charge >= 0.3 is 0 Å². The minimum absolute atomic E-state index is 0.259. The number of hydrogen-bond donors (Lipinski definition) is 0. The van der Waals surface area contributed by atoms with Gasteiger partial charge in [0, 0.05) is 5.56 Å². The average Bonchev–Trinajstić information content (AvgIpc) is 2.29. The van der Waals surface area contributed by atoms with E-state index in [9.17, 15) is 8.78 Å². The van der Waals surface area contributed by atoms with Crippen LogP contribution in [0.3, 0.4) is 0 Å². The van der Waals surface area contributed by atoms with E-state index in [1.807, 2.05) is 6.92 Å². The minimum atomic E-state index is -0.399. The van der Waals surface area contributed by atoms with Crippen molar-refractivity contribution in [2.45, 2.75) is 13.3 Å². The van der Waals surface area contributed by atoms with Gasteiger partial charge in [-0.1, -0.05) is 30.7 Å². The second-order valence-corrected chi connectivity index (χ2v) is 4.19. The van der Waals surface area contributed by atoms with Gasteiger partial charge in [0.1, 0.15) is 11.6 Å². The summed E-state index contributed by atoms with van der Waals surface area (Å²) in [7, 11) is 0. The van der Waals surface area contributed by atoms with Gasteiger partial charge in [-0.2, -0.15) is 0 Å². The first-order valence-electron chi connectivity index (χ1n) is 5.35. The topological polar surface area (TPSA) is 0 Å². The molecule has 0 spiro atoms. The third-order valence-corrected chi connectivity index (χ3v) is 2.99. The maximum Gasteiger partial charge on any atom is 0.127 e. The number of rotatable bonds is 2. The molecular weight excluding hydrogens is 242 g/mol. The molecule has 0 fully saturated rings. The molecule has 2 rings (SSSR count). The fraction of sp³-hybridized carbons (Fsp3) is 0.143. The maximum atomic E-state index is 13.6. The summed E-state index contributed by atoms with van der Waals surface area (Å²) in [6.45, 7) is 1.89. The van der Waals surface area contributed by atoms with Crippen LogP contribution in [0.4, 0.5) is 8.78 Å². The first kappa shape index (κ1) is 12.1. The average molecular weight is 253 g/mol. The maximum absolute atomic E-state index is 13.6. The van der Waals surface area contributed by atoms with Crippen LogP contribution in [0.15, 0.2) is 36.4 Å². The standard InChI is InChI=1S/C14H11ClF2/c1-2-9-3-4-10(7-14(9)17)12-6-5-11(16)8-13(12)15/h3-8H,2H2,1H3. The smallest absolute Gasteiger partial charge is 0.127 e. The van der Waals surface area contributed by atoms with Crippen molar-refractivity contribution < 1.29 is 8.78 Å². The van der Waals surface area contributed by atoms with Crippen LogP contribution >= 0.6 is 11.6 Å². The third-order valence-electron chi connectivity index (χ3n) is 2.68. The van der Waals surface area contributed by atoms with Crippen molar-refractivity contribution in [3.05, 3.63) is 58.6 Å². The van der Waals surface area contributed by atoms with Gasteiger partial charge in [-0.3, -0.25) is 0 Å². The van der Waals surface area contributed by atoms with Crippen LogP contribution in [0, 0.1) is 11.6 Å². The molecule has 0 atom stereocenters. The zero-order valence-corrected chi connectivity index (χ0v) is 10.1. The summed E-state index contributed by atoms with van der Waals surface area (Å²) in [6, 6.07) is 9.04. The highest BCUT2D eigenvalue weighted by molar-refractivity contribution is 6.33. The SMILES string of the molecule is CCc1ccc(-c2ccc(F)cc2Cl)cc1F. The molecule has 0 nitrogen and oxygen atoms in total. The summed E-state index contributed by atoms with van der Waals surface area (Å²) in [5.41, 5.74) is 1.95. The molecule has 17 heavy (non-hydrogen) atoms. The lowest BCUT2D eigenvalue weighted by atomic mass is 10.0. The number of hydrogen-bond acceptors (Lipinski definition) is 0. The Hall–Kier alpha value is -1.41. The molecule has 0 aliphatic rings. The van der Waals surface area contributed by atoms with Crippen LogP contribution in [0.2, 0.25) is 5.02 Å². The molecule has 0 N–H and O–H groups in total. The molecule has 0 unspecified atom stereocenters. The monoisotopic (exact) mass is 252 g/mol. The lowest BCUT2D eigenvalue weighted by Crippen LogP contribution is -1.89. The van der Waals surface area contributed by atoms with Gasteiger partial charge in [0.2, 0.25) is 0 Å². The molecule has 0 aromatic heterocycles. The van der Waals surface area contributed by atoms with Gasteiger partial charge in [0.05, 0.1) is 5.02 Å². The van der Waals surface area contributed by atoms with Crippen molar-refractivity contribution in [2.75, 3.05) is 0 Å². The molecule has 0 heterocycles. The molecule has 0 saturated heterocycles. The quantitative estimate of drug-likeness (QED) is 0.717. The summed E-state index contributed by atoms with van der Waals surface area (Å²) in [5, 5.41) is 0.286. The number of halogens is 3. The predicted molar refractivity (Wildman–Crippen MR) is 66.2 cm³/mol. The van der Waals surface area contributed by atoms with Crippen LogP contribution in [0.1, 0.15) is 12.5 Å². The van der Waals surface area contributed by atoms with Gasteiger partial charge in [0.15, 0.2) is 0 Å². The van der Waals surface area contributed by atoms with Crippen molar-refractivity contribution in [3.8, 4) is 11.1 Å². The highest BCUT2D eigenvalue weighted by Gasteiger charge is 2.07. The van der Waals surface area contributed by atoms with E-state index in [0.717, 1.165) is 0 Å². The van der Waals surface area contributed by atoms with Crippen LogP contribution in [0.5, 0.6) is 0 Å². The molecule has 0 bridgehead atoms. The molecule has 2 aromatic carbocycles. The largest absolute Gasteiger partial charge is 0.207 e. The normalized spacial score (nSPS) is 10.6. The molecule has 0 aliphatic heterocycles. The van der Waals surface area contributed by atoms with Crippen molar-refractivity contribution in [3.63, 3.8) is 0 Å². The third kappa shape index (κ3) is 2.47. The van der Waals surface area contributed by atoms with Gasteiger partial charge in [-0.25, -0.2) is 8.78 Å². The van der Waals surface area contributed by atoms with E-state index in [-0.39, 0.29) is 10.8 Å². The Labute approximate surface area is 104 Å². The fourth-order valence-corrected chi connectivity index (χ4v) is 2.00.